The van der Waals surface area contributed by atoms with Crippen LogP contribution in [0.5, 0.6) is 0 Å². The quantitative estimate of drug-likeness (QED) is 0.718. The number of likely N-dealkylation sites (N-methyl/N-ethyl adjacent to an activating group) is 1. The van der Waals surface area contributed by atoms with Gasteiger partial charge in [0.2, 0.25) is 0 Å². The number of hydrogen-bond acceptors (Lipinski definition) is 5. The van der Waals surface area contributed by atoms with Gasteiger partial charge in [0.05, 0.1) is 12.8 Å². The Balaban J connectivity index is 2.71. The molecule has 1 amide bonds. The average Bonchev–Trinajstić information content (AvgIpc) is 2.72. The minimum absolute atomic E-state index is 0.0617. The van der Waals surface area contributed by atoms with Crippen molar-refractivity contribution in [2.75, 3.05) is 19.7 Å². The van der Waals surface area contributed by atoms with Gasteiger partial charge in [0, 0.05) is 6.54 Å². The molecule has 0 atom stereocenters. The summed E-state index contributed by atoms with van der Waals surface area (Å²) in [6, 6.07) is 0. The SMILES string of the molecule is CCOC(=O)CN(CC)C(=O)c1cnoc1C. The number of rotatable bonds is 5. The molecule has 1 aromatic rings. The lowest BCUT2D eigenvalue weighted by atomic mass is 10.2. The molecule has 0 saturated heterocycles. The molecule has 1 heterocycles. The zero-order valence-corrected chi connectivity index (χ0v) is 10.2. The summed E-state index contributed by atoms with van der Waals surface area (Å²) in [4.78, 5) is 24.7. The van der Waals surface area contributed by atoms with Gasteiger partial charge in [-0.3, -0.25) is 9.59 Å². The molecule has 0 bridgehead atoms. The highest BCUT2D eigenvalue weighted by molar-refractivity contribution is 5.96. The van der Waals surface area contributed by atoms with Crippen LogP contribution in [0.15, 0.2) is 10.7 Å². The van der Waals surface area contributed by atoms with E-state index in [1.54, 1.807) is 20.8 Å². The van der Waals surface area contributed by atoms with E-state index in [2.05, 4.69) is 5.16 Å². The summed E-state index contributed by atoms with van der Waals surface area (Å²) in [6.07, 6.45) is 1.35. The fourth-order valence-corrected chi connectivity index (χ4v) is 1.36. The number of hydrogen-bond donors (Lipinski definition) is 0. The molecule has 0 aromatic carbocycles. The van der Waals surface area contributed by atoms with Gasteiger partial charge in [-0.05, 0) is 20.8 Å². The van der Waals surface area contributed by atoms with E-state index in [4.69, 9.17) is 9.26 Å². The first-order valence-corrected chi connectivity index (χ1v) is 5.46. The minimum Gasteiger partial charge on any atom is -0.465 e. The molecule has 0 aliphatic carbocycles. The van der Waals surface area contributed by atoms with Gasteiger partial charge in [-0.1, -0.05) is 5.16 Å². The van der Waals surface area contributed by atoms with Crippen molar-refractivity contribution < 1.29 is 18.8 Å². The van der Waals surface area contributed by atoms with Crippen LogP contribution in [0.4, 0.5) is 0 Å². The Bertz CT molecular complexity index is 400. The van der Waals surface area contributed by atoms with Crippen LogP contribution in [0.1, 0.15) is 30.0 Å². The van der Waals surface area contributed by atoms with E-state index in [0.717, 1.165) is 0 Å². The molecule has 6 nitrogen and oxygen atoms in total. The van der Waals surface area contributed by atoms with Crippen LogP contribution in [-0.2, 0) is 9.53 Å². The maximum atomic E-state index is 12.0. The predicted molar refractivity (Wildman–Crippen MR) is 59.5 cm³/mol. The summed E-state index contributed by atoms with van der Waals surface area (Å²) in [5, 5.41) is 3.54. The lowest BCUT2D eigenvalue weighted by molar-refractivity contribution is -0.143. The van der Waals surface area contributed by atoms with E-state index in [0.29, 0.717) is 24.5 Å². The van der Waals surface area contributed by atoms with Crippen molar-refractivity contribution >= 4 is 11.9 Å². The van der Waals surface area contributed by atoms with Gasteiger partial charge in [-0.15, -0.1) is 0 Å². The summed E-state index contributed by atoms with van der Waals surface area (Å²) in [6.45, 7) is 5.82. The van der Waals surface area contributed by atoms with E-state index >= 15 is 0 Å². The molecule has 17 heavy (non-hydrogen) atoms. The van der Waals surface area contributed by atoms with Crippen molar-refractivity contribution in [3.8, 4) is 0 Å². The number of esters is 1. The van der Waals surface area contributed by atoms with Crippen molar-refractivity contribution in [3.63, 3.8) is 0 Å². The molecule has 0 aliphatic rings. The Morgan fingerprint density at radius 1 is 1.47 bits per heavy atom. The fourth-order valence-electron chi connectivity index (χ4n) is 1.36. The fraction of sp³-hybridized carbons (Fsp3) is 0.545. The summed E-state index contributed by atoms with van der Waals surface area (Å²) < 4.78 is 9.62. The molecule has 1 rings (SSSR count). The monoisotopic (exact) mass is 240 g/mol. The van der Waals surface area contributed by atoms with Gasteiger partial charge in [0.15, 0.2) is 0 Å². The van der Waals surface area contributed by atoms with Crippen LogP contribution in [0.25, 0.3) is 0 Å². The number of aromatic nitrogens is 1. The zero-order chi connectivity index (χ0) is 12.8. The van der Waals surface area contributed by atoms with Crippen LogP contribution in [0.3, 0.4) is 0 Å². The molecule has 1 aromatic heterocycles. The van der Waals surface area contributed by atoms with Gasteiger partial charge >= 0.3 is 5.97 Å². The number of carbonyl (C=O) groups is 2. The van der Waals surface area contributed by atoms with Crippen LogP contribution in [0, 0.1) is 6.92 Å². The topological polar surface area (TPSA) is 72.6 Å². The molecule has 0 aliphatic heterocycles. The lowest BCUT2D eigenvalue weighted by Crippen LogP contribution is -2.36. The molecule has 0 unspecified atom stereocenters. The molecule has 94 valence electrons. The van der Waals surface area contributed by atoms with E-state index in [1.807, 2.05) is 0 Å². The first-order chi connectivity index (χ1) is 8.10. The maximum Gasteiger partial charge on any atom is 0.325 e. The van der Waals surface area contributed by atoms with Crippen LogP contribution in [-0.4, -0.2) is 41.6 Å². The standard InChI is InChI=1S/C11H16N2O4/c1-4-13(7-10(14)16-5-2)11(15)9-6-12-17-8(9)3/h6H,4-5,7H2,1-3H3. The first-order valence-electron chi connectivity index (χ1n) is 5.46. The van der Waals surface area contributed by atoms with Crippen molar-refractivity contribution in [1.29, 1.82) is 0 Å². The molecule has 6 heteroatoms. The van der Waals surface area contributed by atoms with Gasteiger partial charge < -0.3 is 14.2 Å². The Hall–Kier alpha value is -1.85. The third-order valence-electron chi connectivity index (χ3n) is 2.28. The lowest BCUT2D eigenvalue weighted by Gasteiger charge is -2.18. The molecule has 0 saturated carbocycles. The van der Waals surface area contributed by atoms with Crippen LogP contribution < -0.4 is 0 Å². The third-order valence-corrected chi connectivity index (χ3v) is 2.28. The molecular formula is C11H16N2O4. The van der Waals surface area contributed by atoms with Gasteiger partial charge in [-0.25, -0.2) is 0 Å². The Labute approximate surface area is 99.5 Å². The predicted octanol–water partition coefficient (Wildman–Crippen LogP) is 1.01. The largest absolute Gasteiger partial charge is 0.465 e. The van der Waals surface area contributed by atoms with Gasteiger partial charge in [-0.2, -0.15) is 0 Å². The second kappa shape index (κ2) is 6.03. The average molecular weight is 240 g/mol. The zero-order valence-electron chi connectivity index (χ0n) is 10.2. The number of ether oxygens (including phenoxy) is 1. The number of aryl methyl sites for hydroxylation is 1. The Kier molecular flexibility index (Phi) is 4.68. The summed E-state index contributed by atoms with van der Waals surface area (Å²) in [7, 11) is 0. The van der Waals surface area contributed by atoms with Crippen molar-refractivity contribution in [1.82, 2.24) is 10.1 Å². The smallest absolute Gasteiger partial charge is 0.325 e. The highest BCUT2D eigenvalue weighted by atomic mass is 16.5. The molecule has 0 radical (unpaired) electrons. The van der Waals surface area contributed by atoms with E-state index in [-0.39, 0.29) is 12.5 Å². The molecule has 0 spiro atoms. The number of carbonyl (C=O) groups excluding carboxylic acids is 2. The summed E-state index contributed by atoms with van der Waals surface area (Å²) in [5.74, 6) is -0.256. The highest BCUT2D eigenvalue weighted by Gasteiger charge is 2.21. The van der Waals surface area contributed by atoms with Gasteiger partial charge in [0.1, 0.15) is 17.9 Å². The van der Waals surface area contributed by atoms with Gasteiger partial charge in [0.25, 0.3) is 5.91 Å². The minimum atomic E-state index is -0.420. The number of nitrogens with zero attached hydrogens (tertiary/aromatic N) is 2. The second-order valence-electron chi connectivity index (χ2n) is 3.42. The van der Waals surface area contributed by atoms with Crippen molar-refractivity contribution in [3.05, 3.63) is 17.5 Å². The maximum absolute atomic E-state index is 12.0. The molecule has 0 N–H and O–H groups in total. The highest BCUT2D eigenvalue weighted by Crippen LogP contribution is 2.09. The van der Waals surface area contributed by atoms with Crippen molar-refractivity contribution in [2.45, 2.75) is 20.8 Å². The normalized spacial score (nSPS) is 10.1. The van der Waals surface area contributed by atoms with Crippen LogP contribution >= 0.6 is 0 Å². The van der Waals surface area contributed by atoms with Crippen molar-refractivity contribution in [2.24, 2.45) is 0 Å². The molecule has 0 fully saturated rings. The Morgan fingerprint density at radius 2 is 2.18 bits per heavy atom. The Morgan fingerprint density at radius 3 is 2.65 bits per heavy atom. The van der Waals surface area contributed by atoms with E-state index < -0.39 is 5.97 Å². The summed E-state index contributed by atoms with van der Waals surface area (Å²) in [5.41, 5.74) is 0.371. The van der Waals surface area contributed by atoms with E-state index in [9.17, 15) is 9.59 Å². The van der Waals surface area contributed by atoms with Crippen LogP contribution in [0.2, 0.25) is 0 Å². The molecular weight excluding hydrogens is 224 g/mol. The second-order valence-corrected chi connectivity index (χ2v) is 3.42. The number of amides is 1. The third kappa shape index (κ3) is 3.30. The first kappa shape index (κ1) is 13.2. The summed E-state index contributed by atoms with van der Waals surface area (Å²) >= 11 is 0. The van der Waals surface area contributed by atoms with E-state index in [1.165, 1.54) is 11.1 Å².